The lowest BCUT2D eigenvalue weighted by molar-refractivity contribution is 0.206. The number of anilines is 1. The van der Waals surface area contributed by atoms with E-state index in [1.807, 2.05) is 11.4 Å². The largest absolute Gasteiger partial charge is 0.396 e. The number of thiophene rings is 1. The fourth-order valence-corrected chi connectivity index (χ4v) is 5.24. The maximum Gasteiger partial charge on any atom is 0.323 e. The van der Waals surface area contributed by atoms with Gasteiger partial charge in [0.2, 0.25) is 0 Å². The summed E-state index contributed by atoms with van der Waals surface area (Å²) in [5, 5.41) is 21.5. The van der Waals surface area contributed by atoms with E-state index >= 15 is 0 Å². The number of nitrogens with one attached hydrogen (secondary N) is 1. The molecule has 4 rings (SSSR count). The Labute approximate surface area is 164 Å². The van der Waals surface area contributed by atoms with Crippen LogP contribution in [-0.4, -0.2) is 45.5 Å². The number of hydrogen-bond donors (Lipinski definition) is 2. The lowest BCUT2D eigenvalue weighted by Gasteiger charge is -2.23. The third kappa shape index (κ3) is 3.89. The Balaban J connectivity index is 1.42. The highest BCUT2D eigenvalue weighted by Gasteiger charge is 2.36. The van der Waals surface area contributed by atoms with Crippen LogP contribution in [-0.2, 0) is 0 Å². The summed E-state index contributed by atoms with van der Waals surface area (Å²) < 4.78 is 2.09. The molecule has 0 unspecified atom stereocenters. The molecule has 2 amide bonds. The van der Waals surface area contributed by atoms with Gasteiger partial charge >= 0.3 is 6.03 Å². The van der Waals surface area contributed by atoms with Gasteiger partial charge < -0.3 is 10.0 Å². The molecule has 2 atom stereocenters. The van der Waals surface area contributed by atoms with Crippen LogP contribution in [0.1, 0.15) is 55.3 Å². The predicted molar refractivity (Wildman–Crippen MR) is 107 cm³/mol. The van der Waals surface area contributed by atoms with Crippen molar-refractivity contribution in [1.82, 2.24) is 14.7 Å². The van der Waals surface area contributed by atoms with E-state index in [1.54, 1.807) is 16.2 Å². The summed E-state index contributed by atoms with van der Waals surface area (Å²) in [6, 6.07) is 4.38. The zero-order valence-electron chi connectivity index (χ0n) is 15.8. The first-order valence-corrected chi connectivity index (χ1v) is 10.8. The first kappa shape index (κ1) is 18.5. The van der Waals surface area contributed by atoms with E-state index in [1.165, 1.54) is 37.7 Å². The van der Waals surface area contributed by atoms with Gasteiger partial charge in [0.25, 0.3) is 0 Å². The number of urea groups is 1. The summed E-state index contributed by atoms with van der Waals surface area (Å²) in [6.45, 7) is 3.36. The fraction of sp³-hybridized carbons (Fsp3) is 0.600. The molecule has 0 spiro atoms. The Hall–Kier alpha value is -1.86. The van der Waals surface area contributed by atoms with Crippen LogP contribution < -0.4 is 5.32 Å². The molecule has 146 valence electrons. The molecular weight excluding hydrogens is 360 g/mol. The third-order valence-electron chi connectivity index (χ3n) is 6.01. The van der Waals surface area contributed by atoms with Crippen molar-refractivity contribution in [3.63, 3.8) is 0 Å². The maximum atomic E-state index is 12.8. The molecule has 0 radical (unpaired) electrons. The van der Waals surface area contributed by atoms with E-state index in [4.69, 9.17) is 0 Å². The van der Waals surface area contributed by atoms with Crippen LogP contribution in [0.3, 0.4) is 0 Å². The SMILES string of the molecule is Cc1cc(NC(=O)N2C[C@@H](CO)[C@H](c3ccsc3)C2)nn1C1CCCCC1. The number of hydrogen-bond acceptors (Lipinski definition) is 4. The molecule has 6 nitrogen and oxygen atoms in total. The van der Waals surface area contributed by atoms with Crippen LogP contribution in [0.15, 0.2) is 22.9 Å². The number of carbonyl (C=O) groups excluding carboxylic acids is 1. The Morgan fingerprint density at radius 2 is 2.15 bits per heavy atom. The van der Waals surface area contributed by atoms with Gasteiger partial charge in [0.15, 0.2) is 5.82 Å². The number of aromatic nitrogens is 2. The molecule has 3 heterocycles. The maximum absolute atomic E-state index is 12.8. The molecule has 2 aliphatic rings. The van der Waals surface area contributed by atoms with Crippen molar-refractivity contribution >= 4 is 23.2 Å². The number of amides is 2. The summed E-state index contributed by atoms with van der Waals surface area (Å²) in [7, 11) is 0. The second-order valence-electron chi connectivity index (χ2n) is 7.85. The average Bonchev–Trinajstić information content (AvgIpc) is 3.41. The van der Waals surface area contributed by atoms with Crippen molar-refractivity contribution in [2.75, 3.05) is 25.0 Å². The molecule has 1 aliphatic heterocycles. The number of aliphatic hydroxyl groups excluding tert-OH is 1. The molecular formula is C20H28N4O2S. The van der Waals surface area contributed by atoms with Gasteiger partial charge in [-0.3, -0.25) is 10.00 Å². The second kappa shape index (κ2) is 8.02. The smallest absolute Gasteiger partial charge is 0.323 e. The Morgan fingerprint density at radius 3 is 2.85 bits per heavy atom. The molecule has 2 fully saturated rings. The molecule has 1 saturated carbocycles. The van der Waals surface area contributed by atoms with Gasteiger partial charge in [0, 0.05) is 43.3 Å². The quantitative estimate of drug-likeness (QED) is 0.832. The minimum absolute atomic E-state index is 0.0897. The van der Waals surface area contributed by atoms with Gasteiger partial charge in [-0.25, -0.2) is 4.79 Å². The first-order chi connectivity index (χ1) is 13.2. The minimum Gasteiger partial charge on any atom is -0.396 e. The van der Waals surface area contributed by atoms with Crippen LogP contribution >= 0.6 is 11.3 Å². The van der Waals surface area contributed by atoms with Gasteiger partial charge in [0.1, 0.15) is 0 Å². The van der Waals surface area contributed by atoms with Gasteiger partial charge in [-0.2, -0.15) is 16.4 Å². The standard InChI is InChI=1S/C20H28N4O2S/c1-14-9-19(22-24(14)17-5-3-2-4-6-17)21-20(26)23-10-16(12-25)18(11-23)15-7-8-27-13-15/h7-9,13,16-18,25H,2-6,10-12H2,1H3,(H,21,22,26)/t16-,18-/m0/s1. The zero-order chi connectivity index (χ0) is 18.8. The number of rotatable bonds is 4. The van der Waals surface area contributed by atoms with Gasteiger partial charge in [-0.1, -0.05) is 19.3 Å². The second-order valence-corrected chi connectivity index (χ2v) is 8.63. The summed E-state index contributed by atoms with van der Waals surface area (Å²) in [4.78, 5) is 14.6. The van der Waals surface area contributed by atoms with Gasteiger partial charge in [-0.05, 0) is 42.2 Å². The van der Waals surface area contributed by atoms with Crippen LogP contribution in [0, 0.1) is 12.8 Å². The Kier molecular flexibility index (Phi) is 5.50. The van der Waals surface area contributed by atoms with E-state index in [0.29, 0.717) is 24.9 Å². The first-order valence-electron chi connectivity index (χ1n) is 9.90. The molecule has 0 bridgehead atoms. The molecule has 27 heavy (non-hydrogen) atoms. The molecule has 2 aromatic heterocycles. The zero-order valence-corrected chi connectivity index (χ0v) is 16.6. The monoisotopic (exact) mass is 388 g/mol. The Bertz CT molecular complexity index is 767. The fourth-order valence-electron chi connectivity index (χ4n) is 4.52. The van der Waals surface area contributed by atoms with Gasteiger partial charge in [-0.15, -0.1) is 0 Å². The molecule has 1 saturated heterocycles. The normalized spacial score (nSPS) is 23.7. The van der Waals surface area contributed by atoms with Gasteiger partial charge in [0.05, 0.1) is 6.04 Å². The minimum atomic E-state index is -0.125. The van der Waals surface area contributed by atoms with Crippen LogP contribution in [0.5, 0.6) is 0 Å². The predicted octanol–water partition coefficient (Wildman–Crippen LogP) is 4.00. The van der Waals surface area contributed by atoms with Crippen molar-refractivity contribution in [3.05, 3.63) is 34.2 Å². The summed E-state index contributed by atoms with van der Waals surface area (Å²) >= 11 is 1.66. The number of likely N-dealkylation sites (tertiary alicyclic amines) is 1. The van der Waals surface area contributed by atoms with E-state index in [0.717, 1.165) is 5.69 Å². The van der Waals surface area contributed by atoms with E-state index in [-0.39, 0.29) is 24.5 Å². The van der Waals surface area contributed by atoms with E-state index < -0.39 is 0 Å². The van der Waals surface area contributed by atoms with Crippen molar-refractivity contribution in [3.8, 4) is 0 Å². The summed E-state index contributed by atoms with van der Waals surface area (Å²) in [5.74, 6) is 0.919. The molecule has 2 aromatic rings. The lowest BCUT2D eigenvalue weighted by Crippen LogP contribution is -2.33. The van der Waals surface area contributed by atoms with Crippen LogP contribution in [0.2, 0.25) is 0 Å². The van der Waals surface area contributed by atoms with Crippen molar-refractivity contribution < 1.29 is 9.90 Å². The van der Waals surface area contributed by atoms with Crippen LogP contribution in [0.25, 0.3) is 0 Å². The van der Waals surface area contributed by atoms with E-state index in [9.17, 15) is 9.90 Å². The van der Waals surface area contributed by atoms with E-state index in [2.05, 4.69) is 33.5 Å². The number of carbonyl (C=O) groups is 1. The molecule has 0 aromatic carbocycles. The number of aryl methyl sites for hydroxylation is 1. The highest BCUT2D eigenvalue weighted by molar-refractivity contribution is 7.08. The molecule has 7 heteroatoms. The number of aliphatic hydroxyl groups is 1. The summed E-state index contributed by atoms with van der Waals surface area (Å²) in [5.41, 5.74) is 2.31. The molecule has 2 N–H and O–H groups in total. The number of nitrogens with zero attached hydrogens (tertiary/aromatic N) is 3. The molecule has 1 aliphatic carbocycles. The highest BCUT2D eigenvalue weighted by atomic mass is 32.1. The highest BCUT2D eigenvalue weighted by Crippen LogP contribution is 2.34. The van der Waals surface area contributed by atoms with Crippen molar-refractivity contribution in [2.45, 2.75) is 51.0 Å². The Morgan fingerprint density at radius 1 is 1.33 bits per heavy atom. The average molecular weight is 389 g/mol. The topological polar surface area (TPSA) is 70.4 Å². The van der Waals surface area contributed by atoms with Crippen molar-refractivity contribution in [1.29, 1.82) is 0 Å². The third-order valence-corrected chi connectivity index (χ3v) is 6.71. The lowest BCUT2D eigenvalue weighted by atomic mass is 9.92. The summed E-state index contributed by atoms with van der Waals surface area (Å²) in [6.07, 6.45) is 6.16. The van der Waals surface area contributed by atoms with Crippen LogP contribution in [0.4, 0.5) is 10.6 Å². The van der Waals surface area contributed by atoms with Crippen molar-refractivity contribution in [2.24, 2.45) is 5.92 Å².